The second-order valence-corrected chi connectivity index (χ2v) is 15.3. The highest BCUT2D eigenvalue weighted by molar-refractivity contribution is 5.86. The summed E-state index contributed by atoms with van der Waals surface area (Å²) in [5.41, 5.74) is 6.10. The van der Waals surface area contributed by atoms with Gasteiger partial charge in [0, 0.05) is 36.0 Å². The number of imidazole rings is 2. The Bertz CT molecular complexity index is 2140. The molecule has 7 rings (SSSR count). The molecule has 0 unspecified atom stereocenters. The molecule has 0 aliphatic carbocycles. The molecule has 2 saturated heterocycles. The largest absolute Gasteiger partial charge is 0.453 e. The molecule has 2 aliphatic rings. The molecule has 5 aromatic rings. The van der Waals surface area contributed by atoms with Crippen molar-refractivity contribution in [3.05, 3.63) is 72.7 Å². The van der Waals surface area contributed by atoms with Crippen molar-refractivity contribution in [1.82, 2.24) is 45.0 Å². The maximum atomic E-state index is 13.5. The zero-order valence-electron chi connectivity index (χ0n) is 31.6. The van der Waals surface area contributed by atoms with E-state index < -0.39 is 17.7 Å². The molecule has 2 fully saturated rings. The fraction of sp³-hybridized carbons (Fsp3) is 0.425. The number of fused-ring (bicyclic) bond motifs is 1. The van der Waals surface area contributed by atoms with Gasteiger partial charge in [-0.25, -0.2) is 19.6 Å². The molecule has 0 spiro atoms. The first-order chi connectivity index (χ1) is 25.9. The van der Waals surface area contributed by atoms with E-state index in [2.05, 4.69) is 15.3 Å². The van der Waals surface area contributed by atoms with Crippen LogP contribution in [0.25, 0.3) is 44.8 Å². The average molecular weight is 734 g/mol. The van der Waals surface area contributed by atoms with Crippen LogP contribution in [-0.2, 0) is 14.3 Å². The SMILES string of the molecule is COC(=O)N[C@H](C(=O)N1CCC[C@H]1c1nc(-c2ccc(-c3cnc(-c4ccc5nc([C@@H]6CCCN6C(=O)OC(C)(C)C)[nH]c5c4)cn3)cc2)c[nH]1)C(C)C. The highest BCUT2D eigenvalue weighted by Gasteiger charge is 2.38. The molecule has 14 nitrogen and oxygen atoms in total. The number of likely N-dealkylation sites (tertiary alicyclic amines) is 2. The summed E-state index contributed by atoms with van der Waals surface area (Å²) in [6.45, 7) is 10.6. The van der Waals surface area contributed by atoms with Crippen molar-refractivity contribution in [3.63, 3.8) is 0 Å². The number of carbonyl (C=O) groups excluding carboxylic acids is 3. The van der Waals surface area contributed by atoms with Crippen molar-refractivity contribution in [2.75, 3.05) is 20.2 Å². The van der Waals surface area contributed by atoms with E-state index in [4.69, 9.17) is 29.4 Å². The summed E-state index contributed by atoms with van der Waals surface area (Å²) in [6, 6.07) is 12.9. The summed E-state index contributed by atoms with van der Waals surface area (Å²) < 4.78 is 10.4. The van der Waals surface area contributed by atoms with Crippen LogP contribution in [0, 0.1) is 5.92 Å². The number of H-pyrrole nitrogens is 2. The third-order valence-corrected chi connectivity index (χ3v) is 9.96. The summed E-state index contributed by atoms with van der Waals surface area (Å²) in [7, 11) is 1.29. The molecule has 14 heteroatoms. The van der Waals surface area contributed by atoms with Crippen LogP contribution in [0.3, 0.4) is 0 Å². The highest BCUT2D eigenvalue weighted by atomic mass is 16.6. The number of nitrogens with one attached hydrogen (secondary N) is 3. The lowest BCUT2D eigenvalue weighted by Crippen LogP contribution is -2.51. The number of aromatic nitrogens is 6. The molecule has 2 aliphatic heterocycles. The molecule has 3 N–H and O–H groups in total. The summed E-state index contributed by atoms with van der Waals surface area (Å²) in [5, 5.41) is 2.69. The van der Waals surface area contributed by atoms with Gasteiger partial charge in [-0.3, -0.25) is 19.7 Å². The Kier molecular flexibility index (Phi) is 10.1. The maximum absolute atomic E-state index is 13.5. The predicted molar refractivity (Wildman–Crippen MR) is 203 cm³/mol. The molecule has 3 aromatic heterocycles. The minimum atomic E-state index is -0.688. The number of hydrogen-bond acceptors (Lipinski definition) is 9. The Morgan fingerprint density at radius 3 is 2.07 bits per heavy atom. The van der Waals surface area contributed by atoms with Gasteiger partial charge < -0.3 is 29.7 Å². The van der Waals surface area contributed by atoms with Crippen molar-refractivity contribution in [1.29, 1.82) is 0 Å². The van der Waals surface area contributed by atoms with Gasteiger partial charge in [-0.15, -0.1) is 0 Å². The third kappa shape index (κ3) is 7.64. The lowest BCUT2D eigenvalue weighted by molar-refractivity contribution is -0.135. The van der Waals surface area contributed by atoms with Crippen LogP contribution < -0.4 is 5.32 Å². The molecule has 282 valence electrons. The fourth-order valence-corrected chi connectivity index (χ4v) is 7.22. The van der Waals surface area contributed by atoms with Crippen molar-refractivity contribution < 1.29 is 23.9 Å². The fourth-order valence-electron chi connectivity index (χ4n) is 7.22. The first-order valence-corrected chi connectivity index (χ1v) is 18.5. The predicted octanol–water partition coefficient (Wildman–Crippen LogP) is 7.19. The summed E-state index contributed by atoms with van der Waals surface area (Å²) >= 11 is 0. The van der Waals surface area contributed by atoms with Gasteiger partial charge >= 0.3 is 12.2 Å². The zero-order valence-corrected chi connectivity index (χ0v) is 31.6. The van der Waals surface area contributed by atoms with Gasteiger partial charge in [0.15, 0.2) is 0 Å². The molecule has 3 atom stereocenters. The Morgan fingerprint density at radius 2 is 1.44 bits per heavy atom. The number of methoxy groups -OCH3 is 1. The first kappa shape index (κ1) is 36.6. The Labute approximate surface area is 314 Å². The molecular weight excluding hydrogens is 686 g/mol. The van der Waals surface area contributed by atoms with E-state index in [1.54, 1.807) is 22.2 Å². The maximum Gasteiger partial charge on any atom is 0.410 e. The molecule has 0 radical (unpaired) electrons. The third-order valence-electron chi connectivity index (χ3n) is 9.96. The standard InChI is InChI=1S/C40H47N9O5/c1-23(2)34(47-38(51)53-6)37(50)48-17-7-9-32(48)35-43-22-31(46-35)25-13-11-24(12-14-25)29-20-42-30(21-41-29)26-15-16-27-28(19-26)45-36(44-27)33-10-8-18-49(33)39(52)54-40(3,4)5/h11-16,19-23,32-34H,7-10,17-18H2,1-6H3,(H,43,46)(H,44,45)(H,47,51)/t32-,33-,34-/m0/s1. The van der Waals surface area contributed by atoms with Gasteiger partial charge in [0.1, 0.15) is 23.3 Å². The van der Waals surface area contributed by atoms with Crippen LogP contribution in [0.2, 0.25) is 0 Å². The number of carbonyl (C=O) groups is 3. The van der Waals surface area contributed by atoms with Crippen LogP contribution in [0.1, 0.15) is 84.0 Å². The molecule has 3 amide bonds. The number of amides is 3. The van der Waals surface area contributed by atoms with Gasteiger partial charge in [-0.1, -0.05) is 44.2 Å². The summed E-state index contributed by atoms with van der Waals surface area (Å²) in [6.07, 6.45) is 7.78. The number of alkyl carbamates (subject to hydrolysis) is 1. The number of aromatic amines is 2. The van der Waals surface area contributed by atoms with E-state index in [9.17, 15) is 14.4 Å². The second-order valence-electron chi connectivity index (χ2n) is 15.3. The van der Waals surface area contributed by atoms with Gasteiger partial charge in [0.25, 0.3) is 0 Å². The zero-order chi connectivity index (χ0) is 38.1. The molecule has 54 heavy (non-hydrogen) atoms. The minimum Gasteiger partial charge on any atom is -0.453 e. The number of rotatable bonds is 8. The van der Waals surface area contributed by atoms with Gasteiger partial charge in [0.05, 0.1) is 59.7 Å². The van der Waals surface area contributed by atoms with Gasteiger partial charge in [-0.2, -0.15) is 0 Å². The highest BCUT2D eigenvalue weighted by Crippen LogP contribution is 2.35. The quantitative estimate of drug-likeness (QED) is 0.149. The second kappa shape index (κ2) is 14.9. The van der Waals surface area contributed by atoms with E-state index in [1.165, 1.54) is 7.11 Å². The van der Waals surface area contributed by atoms with Gasteiger partial charge in [0.2, 0.25) is 5.91 Å². The van der Waals surface area contributed by atoms with E-state index in [1.807, 2.05) is 83.3 Å². The summed E-state index contributed by atoms with van der Waals surface area (Å²) in [4.78, 5) is 67.8. The van der Waals surface area contributed by atoms with Crippen molar-refractivity contribution in [3.8, 4) is 33.8 Å². The molecule has 2 aromatic carbocycles. The van der Waals surface area contributed by atoms with Crippen LogP contribution in [-0.4, -0.2) is 89.6 Å². The topological polar surface area (TPSA) is 171 Å². The normalized spacial score (nSPS) is 18.0. The number of ether oxygens (including phenoxy) is 2. The first-order valence-electron chi connectivity index (χ1n) is 18.5. The monoisotopic (exact) mass is 733 g/mol. The lowest BCUT2D eigenvalue weighted by atomic mass is 10.0. The smallest absolute Gasteiger partial charge is 0.410 e. The van der Waals surface area contributed by atoms with Crippen LogP contribution in [0.4, 0.5) is 9.59 Å². The van der Waals surface area contributed by atoms with E-state index in [0.717, 1.165) is 76.3 Å². The Balaban J connectivity index is 1.02. The molecule has 0 saturated carbocycles. The Hall–Kier alpha value is -5.79. The van der Waals surface area contributed by atoms with Crippen molar-refractivity contribution in [2.45, 2.75) is 84.0 Å². The summed E-state index contributed by atoms with van der Waals surface area (Å²) in [5.74, 6) is 1.22. The van der Waals surface area contributed by atoms with Crippen LogP contribution in [0.15, 0.2) is 61.1 Å². The van der Waals surface area contributed by atoms with Gasteiger partial charge in [-0.05, 0) is 64.5 Å². The Morgan fingerprint density at radius 1 is 0.833 bits per heavy atom. The molecular formula is C40H47N9O5. The number of nitrogens with zero attached hydrogens (tertiary/aromatic N) is 6. The molecule has 0 bridgehead atoms. The van der Waals surface area contributed by atoms with Crippen molar-refractivity contribution >= 4 is 29.1 Å². The molecule has 5 heterocycles. The van der Waals surface area contributed by atoms with Crippen LogP contribution >= 0.6 is 0 Å². The van der Waals surface area contributed by atoms with Crippen LogP contribution in [0.5, 0.6) is 0 Å². The average Bonchev–Trinajstić information content (AvgIpc) is 3.98. The van der Waals surface area contributed by atoms with Crippen molar-refractivity contribution in [2.24, 2.45) is 5.92 Å². The lowest BCUT2D eigenvalue weighted by Gasteiger charge is -2.29. The van der Waals surface area contributed by atoms with E-state index >= 15 is 0 Å². The number of hydrogen-bond donors (Lipinski definition) is 3. The van der Waals surface area contributed by atoms with E-state index in [0.29, 0.717) is 18.9 Å². The number of benzene rings is 2. The van der Waals surface area contributed by atoms with E-state index in [-0.39, 0.29) is 30.0 Å². The minimum absolute atomic E-state index is 0.104.